The van der Waals surface area contributed by atoms with Crippen LogP contribution < -0.4 is 4.72 Å². The SMILES string of the molecule is CN1C2C1C21Cc2cc(F)c(CNS(=O)(=O)C3CCC3)cc2C1Cc1cccc(F)c1. The Bertz CT molecular complexity index is 1170. The Morgan fingerprint density at radius 1 is 1.16 bits per heavy atom. The molecule has 1 spiro atoms. The smallest absolute Gasteiger partial charge is 0.214 e. The number of nitrogens with one attached hydrogen (secondary N) is 1. The van der Waals surface area contributed by atoms with Gasteiger partial charge in [0.2, 0.25) is 10.0 Å². The summed E-state index contributed by atoms with van der Waals surface area (Å²) in [6, 6.07) is 11.2. The zero-order valence-electron chi connectivity index (χ0n) is 17.4. The Balaban J connectivity index is 1.30. The fourth-order valence-electron chi connectivity index (χ4n) is 6.27. The van der Waals surface area contributed by atoms with Gasteiger partial charge in [-0.3, -0.25) is 4.90 Å². The van der Waals surface area contributed by atoms with Gasteiger partial charge in [-0.25, -0.2) is 21.9 Å². The number of hydrogen-bond acceptors (Lipinski definition) is 3. The molecule has 4 aliphatic rings. The van der Waals surface area contributed by atoms with E-state index in [9.17, 15) is 17.2 Å². The van der Waals surface area contributed by atoms with Crippen molar-refractivity contribution in [1.82, 2.24) is 9.62 Å². The van der Waals surface area contributed by atoms with Gasteiger partial charge in [0, 0.05) is 29.6 Å². The van der Waals surface area contributed by atoms with Crippen LogP contribution in [0.25, 0.3) is 0 Å². The maximum absolute atomic E-state index is 14.9. The quantitative estimate of drug-likeness (QED) is 0.694. The number of sulfonamides is 1. The first-order valence-corrected chi connectivity index (χ1v) is 12.6. The monoisotopic (exact) mass is 444 g/mol. The first kappa shape index (κ1) is 19.8. The van der Waals surface area contributed by atoms with E-state index in [4.69, 9.17) is 0 Å². The van der Waals surface area contributed by atoms with Gasteiger partial charge in [0.15, 0.2) is 0 Å². The van der Waals surface area contributed by atoms with Gasteiger partial charge in [0.05, 0.1) is 5.25 Å². The number of fused-ring (bicyclic) bond motifs is 4. The lowest BCUT2D eigenvalue weighted by atomic mass is 9.81. The van der Waals surface area contributed by atoms with Crippen LogP contribution in [0, 0.1) is 17.0 Å². The summed E-state index contributed by atoms with van der Waals surface area (Å²) in [5.74, 6) is -0.398. The molecule has 0 aromatic heterocycles. The Hall–Kier alpha value is -1.83. The molecule has 164 valence electrons. The molecule has 0 bridgehead atoms. The lowest BCUT2D eigenvalue weighted by Gasteiger charge is -2.29. The third kappa shape index (κ3) is 2.93. The van der Waals surface area contributed by atoms with Crippen molar-refractivity contribution in [2.24, 2.45) is 5.41 Å². The molecule has 1 aliphatic heterocycles. The molecule has 3 aliphatic carbocycles. The van der Waals surface area contributed by atoms with Crippen LogP contribution >= 0.6 is 0 Å². The third-order valence-electron chi connectivity index (χ3n) is 8.19. The van der Waals surface area contributed by atoms with Crippen molar-refractivity contribution >= 4 is 10.0 Å². The molecule has 1 saturated heterocycles. The van der Waals surface area contributed by atoms with Crippen LogP contribution in [0.3, 0.4) is 0 Å². The normalized spacial score (nSPS) is 33.1. The summed E-state index contributed by atoms with van der Waals surface area (Å²) in [5.41, 5.74) is 3.57. The second-order valence-electron chi connectivity index (χ2n) is 9.79. The van der Waals surface area contributed by atoms with Crippen molar-refractivity contribution in [2.45, 2.75) is 61.9 Å². The van der Waals surface area contributed by atoms with Crippen LogP contribution in [0.15, 0.2) is 36.4 Å². The van der Waals surface area contributed by atoms with Crippen LogP contribution in [0.4, 0.5) is 8.78 Å². The molecule has 3 unspecified atom stereocenters. The Labute approximate surface area is 181 Å². The van der Waals surface area contributed by atoms with Crippen LogP contribution in [-0.4, -0.2) is 37.7 Å². The first-order chi connectivity index (χ1) is 14.8. The molecular weight excluding hydrogens is 418 g/mol. The summed E-state index contributed by atoms with van der Waals surface area (Å²) in [6.07, 6.45) is 3.84. The molecule has 7 heteroatoms. The molecule has 31 heavy (non-hydrogen) atoms. The minimum absolute atomic E-state index is 0.0234. The largest absolute Gasteiger partial charge is 0.296 e. The van der Waals surface area contributed by atoms with Crippen molar-refractivity contribution in [1.29, 1.82) is 0 Å². The number of likely N-dealkylation sites (N-methyl/N-ethyl adjacent to an activating group) is 1. The van der Waals surface area contributed by atoms with Gasteiger partial charge in [-0.15, -0.1) is 0 Å². The van der Waals surface area contributed by atoms with Gasteiger partial charge in [-0.05, 0) is 73.5 Å². The number of halogens is 2. The summed E-state index contributed by atoms with van der Waals surface area (Å²) in [7, 11) is -1.29. The minimum atomic E-state index is -3.40. The fraction of sp³-hybridized carbons (Fsp3) is 0.500. The van der Waals surface area contributed by atoms with Crippen molar-refractivity contribution in [3.05, 3.63) is 70.3 Å². The third-order valence-corrected chi connectivity index (χ3v) is 10.1. The topological polar surface area (TPSA) is 49.2 Å². The van der Waals surface area contributed by atoms with E-state index in [2.05, 4.69) is 16.7 Å². The highest BCUT2D eigenvalue weighted by Crippen LogP contribution is 2.76. The number of likely N-dealkylation sites (tertiary alicyclic amines) is 1. The van der Waals surface area contributed by atoms with Gasteiger partial charge in [0.25, 0.3) is 0 Å². The van der Waals surface area contributed by atoms with Gasteiger partial charge in [0.1, 0.15) is 11.6 Å². The molecule has 2 saturated carbocycles. The molecule has 3 fully saturated rings. The van der Waals surface area contributed by atoms with E-state index >= 15 is 0 Å². The van der Waals surface area contributed by atoms with Gasteiger partial charge in [-0.1, -0.05) is 24.6 Å². The van der Waals surface area contributed by atoms with Gasteiger partial charge < -0.3 is 0 Å². The van der Waals surface area contributed by atoms with Gasteiger partial charge in [-0.2, -0.15) is 0 Å². The second-order valence-corrected chi connectivity index (χ2v) is 11.8. The highest BCUT2D eigenvalue weighted by Gasteiger charge is 2.84. The predicted molar refractivity (Wildman–Crippen MR) is 114 cm³/mol. The zero-order valence-corrected chi connectivity index (χ0v) is 18.3. The Kier molecular flexibility index (Phi) is 4.22. The molecule has 2 aromatic carbocycles. The van der Waals surface area contributed by atoms with Crippen LogP contribution in [0.5, 0.6) is 0 Å². The van der Waals surface area contributed by atoms with Crippen molar-refractivity contribution in [2.75, 3.05) is 7.05 Å². The summed E-state index contributed by atoms with van der Waals surface area (Å²) in [5, 5.41) is -0.344. The number of nitrogens with zero attached hydrogens (tertiary/aromatic N) is 1. The number of hydrogen-bond donors (Lipinski definition) is 1. The van der Waals surface area contributed by atoms with E-state index in [-0.39, 0.29) is 34.8 Å². The van der Waals surface area contributed by atoms with Crippen LogP contribution in [-0.2, 0) is 29.4 Å². The summed E-state index contributed by atoms with van der Waals surface area (Å²) in [6.45, 7) is -0.0234. The summed E-state index contributed by atoms with van der Waals surface area (Å²) < 4.78 is 56.1. The molecule has 1 heterocycles. The molecule has 6 rings (SSSR count). The maximum Gasteiger partial charge on any atom is 0.214 e. The lowest BCUT2D eigenvalue weighted by Crippen LogP contribution is -2.38. The van der Waals surface area contributed by atoms with E-state index in [0.29, 0.717) is 36.9 Å². The molecule has 2 aromatic rings. The maximum atomic E-state index is 14.9. The average molecular weight is 445 g/mol. The fourth-order valence-corrected chi connectivity index (χ4v) is 7.81. The molecule has 4 nitrogen and oxygen atoms in total. The first-order valence-electron chi connectivity index (χ1n) is 11.1. The van der Waals surface area contributed by atoms with E-state index in [1.165, 1.54) is 6.07 Å². The average Bonchev–Trinajstić information content (AvgIpc) is 3.51. The number of benzene rings is 2. The lowest BCUT2D eigenvalue weighted by molar-refractivity contribution is 0.226. The van der Waals surface area contributed by atoms with Gasteiger partial charge >= 0.3 is 0 Å². The minimum Gasteiger partial charge on any atom is -0.296 e. The summed E-state index contributed by atoms with van der Waals surface area (Å²) >= 11 is 0. The van der Waals surface area contributed by atoms with E-state index in [0.717, 1.165) is 29.5 Å². The highest BCUT2D eigenvalue weighted by molar-refractivity contribution is 7.90. The zero-order chi connectivity index (χ0) is 21.5. The van der Waals surface area contributed by atoms with Crippen molar-refractivity contribution < 1.29 is 17.2 Å². The van der Waals surface area contributed by atoms with E-state index in [1.54, 1.807) is 18.2 Å². The Morgan fingerprint density at radius 2 is 1.94 bits per heavy atom. The molecule has 0 amide bonds. The highest BCUT2D eigenvalue weighted by atomic mass is 32.2. The van der Waals surface area contributed by atoms with E-state index < -0.39 is 10.0 Å². The standard InChI is InChI=1S/C24H26F2N2O2S/c1-28-22-23(28)24(22)12-15-11-21(26)16(13-27-31(29,30)18-6-3-7-18)10-19(15)20(24)9-14-4-2-5-17(25)8-14/h2,4-5,8,10-11,18,20,22-23,27H,3,6-7,9,12-13H2,1H3. The van der Waals surface area contributed by atoms with E-state index in [1.807, 2.05) is 12.1 Å². The summed E-state index contributed by atoms with van der Waals surface area (Å²) in [4.78, 5) is 2.34. The molecule has 0 radical (unpaired) electrons. The second kappa shape index (κ2) is 6.59. The molecule has 3 atom stereocenters. The predicted octanol–water partition coefficient (Wildman–Crippen LogP) is 3.50. The molecule has 1 N–H and O–H groups in total. The molecular formula is C24H26F2N2O2S. The number of rotatable bonds is 6. The Morgan fingerprint density at radius 3 is 2.58 bits per heavy atom. The van der Waals surface area contributed by atoms with Crippen molar-refractivity contribution in [3.8, 4) is 0 Å². The van der Waals surface area contributed by atoms with Crippen LogP contribution in [0.2, 0.25) is 0 Å². The van der Waals surface area contributed by atoms with Crippen LogP contribution in [0.1, 0.15) is 47.4 Å². The van der Waals surface area contributed by atoms with Crippen molar-refractivity contribution in [3.63, 3.8) is 0 Å².